The van der Waals surface area contributed by atoms with E-state index in [1.54, 1.807) is 12.1 Å². The molecule has 3 aromatic rings. The Labute approximate surface area is 174 Å². The number of halogens is 7. The number of rotatable bonds is 4. The van der Waals surface area contributed by atoms with Gasteiger partial charge < -0.3 is 9.47 Å². The van der Waals surface area contributed by atoms with Crippen LogP contribution in [0.25, 0.3) is 22.3 Å². The minimum Gasteiger partial charge on any atom is -0.406 e. The normalized spacial score (nSPS) is 12.0. The molecule has 0 atom stereocenters. The number of aromatic nitrogens is 1. The zero-order valence-electron chi connectivity index (χ0n) is 14.2. The molecule has 29 heavy (non-hydrogen) atoms. The number of hydrogen-bond donors (Lipinski definition) is 0. The number of hydrogen-bond acceptors (Lipinski definition) is 3. The van der Waals surface area contributed by atoms with E-state index >= 15 is 0 Å². The van der Waals surface area contributed by atoms with Crippen LogP contribution in [0.15, 0.2) is 60.9 Å². The SMILES string of the molecule is FC(F)(F)Oc1cccc(-c2cncc(-c3cccc(OC(F)(F)F)c3)c2I)c1. The summed E-state index contributed by atoms with van der Waals surface area (Å²) in [7, 11) is 0. The third-order valence-electron chi connectivity index (χ3n) is 3.64. The molecule has 0 aliphatic rings. The molecule has 1 aromatic heterocycles. The predicted octanol–water partition coefficient (Wildman–Crippen LogP) is 6.82. The number of nitrogens with zero attached hydrogens (tertiary/aromatic N) is 1. The minimum absolute atomic E-state index is 0.392. The molecular formula is C19H10F6INO2. The van der Waals surface area contributed by atoms with E-state index < -0.39 is 24.2 Å². The van der Waals surface area contributed by atoms with Gasteiger partial charge in [-0.1, -0.05) is 24.3 Å². The fourth-order valence-corrected chi connectivity index (χ4v) is 3.47. The highest BCUT2D eigenvalue weighted by Gasteiger charge is 2.32. The maximum absolute atomic E-state index is 12.5. The van der Waals surface area contributed by atoms with Crippen molar-refractivity contribution in [3.05, 3.63) is 64.5 Å². The van der Waals surface area contributed by atoms with Gasteiger partial charge in [-0.25, -0.2) is 0 Å². The summed E-state index contributed by atoms with van der Waals surface area (Å²) in [5.41, 5.74) is 1.82. The van der Waals surface area contributed by atoms with Crippen LogP contribution >= 0.6 is 22.6 Å². The predicted molar refractivity (Wildman–Crippen MR) is 101 cm³/mol. The maximum Gasteiger partial charge on any atom is 0.573 e. The Balaban J connectivity index is 1.99. The van der Waals surface area contributed by atoms with Crippen LogP contribution in [0.3, 0.4) is 0 Å². The molecular weight excluding hydrogens is 515 g/mol. The maximum atomic E-state index is 12.5. The highest BCUT2D eigenvalue weighted by atomic mass is 127. The van der Waals surface area contributed by atoms with Crippen LogP contribution in [-0.4, -0.2) is 17.7 Å². The van der Waals surface area contributed by atoms with Crippen LogP contribution in [0.2, 0.25) is 0 Å². The lowest BCUT2D eigenvalue weighted by Gasteiger charge is -2.13. The Morgan fingerprint density at radius 1 is 0.690 bits per heavy atom. The molecule has 3 rings (SSSR count). The molecule has 1 heterocycles. The van der Waals surface area contributed by atoms with Gasteiger partial charge in [0.2, 0.25) is 0 Å². The topological polar surface area (TPSA) is 31.4 Å². The van der Waals surface area contributed by atoms with Gasteiger partial charge in [0.1, 0.15) is 11.5 Å². The van der Waals surface area contributed by atoms with E-state index in [0.29, 0.717) is 25.8 Å². The average molecular weight is 525 g/mol. The summed E-state index contributed by atoms with van der Waals surface area (Å²) in [5, 5.41) is 0. The van der Waals surface area contributed by atoms with Crippen LogP contribution in [0.4, 0.5) is 26.3 Å². The highest BCUT2D eigenvalue weighted by Crippen LogP contribution is 2.36. The molecule has 0 unspecified atom stereocenters. The molecule has 0 saturated heterocycles. The van der Waals surface area contributed by atoms with E-state index in [4.69, 9.17) is 0 Å². The van der Waals surface area contributed by atoms with Crippen molar-refractivity contribution in [2.24, 2.45) is 0 Å². The monoisotopic (exact) mass is 525 g/mol. The molecule has 0 amide bonds. The number of benzene rings is 2. The summed E-state index contributed by atoms with van der Waals surface area (Å²) in [6, 6.07) is 10.7. The molecule has 3 nitrogen and oxygen atoms in total. The third-order valence-corrected chi connectivity index (χ3v) is 4.80. The summed E-state index contributed by atoms with van der Waals surface area (Å²) in [4.78, 5) is 4.08. The fourth-order valence-electron chi connectivity index (χ4n) is 2.57. The Hall–Kier alpha value is -2.50. The standard InChI is InChI=1S/C19H10F6INO2/c20-18(21,22)28-13-5-1-3-11(7-13)15-9-27-10-16(17(15)26)12-4-2-6-14(8-12)29-19(23,24)25/h1-10H. The average Bonchev–Trinajstić information content (AvgIpc) is 2.59. The zero-order chi connectivity index (χ0) is 21.2. The second-order valence-electron chi connectivity index (χ2n) is 5.70. The summed E-state index contributed by atoms with van der Waals surface area (Å²) in [6.45, 7) is 0. The second-order valence-corrected chi connectivity index (χ2v) is 6.78. The van der Waals surface area contributed by atoms with Gasteiger partial charge in [-0.2, -0.15) is 0 Å². The molecule has 0 aliphatic carbocycles. The molecule has 0 N–H and O–H groups in total. The van der Waals surface area contributed by atoms with Crippen LogP contribution in [-0.2, 0) is 0 Å². The second kappa shape index (κ2) is 8.09. The lowest BCUT2D eigenvalue weighted by Crippen LogP contribution is -2.17. The lowest BCUT2D eigenvalue weighted by atomic mass is 10.0. The smallest absolute Gasteiger partial charge is 0.406 e. The van der Waals surface area contributed by atoms with Gasteiger partial charge in [0.25, 0.3) is 0 Å². The van der Waals surface area contributed by atoms with Crippen molar-refractivity contribution in [2.75, 3.05) is 0 Å². The molecule has 0 saturated carbocycles. The lowest BCUT2D eigenvalue weighted by molar-refractivity contribution is -0.275. The van der Waals surface area contributed by atoms with Gasteiger partial charge in [-0.05, 0) is 58.0 Å². The molecule has 152 valence electrons. The number of alkyl halides is 6. The Kier molecular flexibility index (Phi) is 5.92. The molecule has 0 bridgehead atoms. The van der Waals surface area contributed by atoms with Crippen LogP contribution in [0.1, 0.15) is 0 Å². The minimum atomic E-state index is -4.83. The van der Waals surface area contributed by atoms with Gasteiger partial charge in [0, 0.05) is 27.1 Å². The fraction of sp³-hybridized carbons (Fsp3) is 0.105. The first-order valence-corrected chi connectivity index (χ1v) is 8.95. The third kappa shape index (κ3) is 5.75. The van der Waals surface area contributed by atoms with Crippen molar-refractivity contribution in [3.63, 3.8) is 0 Å². The van der Waals surface area contributed by atoms with E-state index in [0.717, 1.165) is 0 Å². The van der Waals surface area contributed by atoms with E-state index in [9.17, 15) is 26.3 Å². The van der Waals surface area contributed by atoms with E-state index in [2.05, 4.69) is 14.5 Å². The van der Waals surface area contributed by atoms with Crippen molar-refractivity contribution in [1.82, 2.24) is 4.98 Å². The largest absolute Gasteiger partial charge is 0.573 e. The summed E-state index contributed by atoms with van der Waals surface area (Å²) >= 11 is 1.96. The van der Waals surface area contributed by atoms with Crippen molar-refractivity contribution in [3.8, 4) is 33.8 Å². The quantitative estimate of drug-likeness (QED) is 0.277. The van der Waals surface area contributed by atoms with Gasteiger partial charge in [0.15, 0.2) is 0 Å². The van der Waals surface area contributed by atoms with E-state index in [1.165, 1.54) is 48.8 Å². The number of ether oxygens (including phenoxy) is 2. The first kappa shape index (κ1) is 21.2. The van der Waals surface area contributed by atoms with Crippen LogP contribution in [0, 0.1) is 3.57 Å². The Morgan fingerprint density at radius 3 is 1.48 bits per heavy atom. The van der Waals surface area contributed by atoms with Crippen molar-refractivity contribution >= 4 is 22.6 Å². The zero-order valence-corrected chi connectivity index (χ0v) is 16.3. The van der Waals surface area contributed by atoms with Crippen LogP contribution < -0.4 is 9.47 Å². The van der Waals surface area contributed by atoms with Gasteiger partial charge in [-0.15, -0.1) is 26.3 Å². The summed E-state index contributed by atoms with van der Waals surface area (Å²) < 4.78 is 83.3. The van der Waals surface area contributed by atoms with Crippen molar-refractivity contribution < 1.29 is 35.8 Å². The molecule has 2 aromatic carbocycles. The first-order chi connectivity index (χ1) is 13.5. The molecule has 0 spiro atoms. The van der Waals surface area contributed by atoms with Crippen molar-refractivity contribution in [2.45, 2.75) is 12.7 Å². The van der Waals surface area contributed by atoms with Gasteiger partial charge in [0.05, 0.1) is 0 Å². The van der Waals surface area contributed by atoms with Crippen molar-refractivity contribution in [1.29, 1.82) is 0 Å². The van der Waals surface area contributed by atoms with Gasteiger partial charge >= 0.3 is 12.7 Å². The summed E-state index contributed by atoms with van der Waals surface area (Å²) in [5.74, 6) is -0.784. The first-order valence-electron chi connectivity index (χ1n) is 7.88. The number of pyridine rings is 1. The Morgan fingerprint density at radius 2 is 1.10 bits per heavy atom. The highest BCUT2D eigenvalue weighted by molar-refractivity contribution is 14.1. The van der Waals surface area contributed by atoms with E-state index in [1.807, 2.05) is 22.6 Å². The van der Waals surface area contributed by atoms with Crippen LogP contribution in [0.5, 0.6) is 11.5 Å². The molecule has 0 fully saturated rings. The van der Waals surface area contributed by atoms with E-state index in [-0.39, 0.29) is 0 Å². The molecule has 0 radical (unpaired) electrons. The molecule has 0 aliphatic heterocycles. The van der Waals surface area contributed by atoms with Gasteiger partial charge in [-0.3, -0.25) is 4.98 Å². The Bertz CT molecular complexity index is 942. The summed E-state index contributed by atoms with van der Waals surface area (Å²) in [6.07, 6.45) is -6.75. The molecule has 10 heteroatoms.